The van der Waals surface area contributed by atoms with Crippen LogP contribution in [0.25, 0.3) is 0 Å². The molecule has 1 aromatic carbocycles. The van der Waals surface area contributed by atoms with Crippen molar-refractivity contribution in [2.24, 2.45) is 0 Å². The molecule has 0 unspecified atom stereocenters. The largest absolute Gasteiger partial charge is 0.324 e. The zero-order valence-corrected chi connectivity index (χ0v) is 12.6. The Morgan fingerprint density at radius 3 is 2.77 bits per heavy atom. The number of rotatable bonds is 5. The molecule has 0 aliphatic rings. The highest BCUT2D eigenvalue weighted by Gasteiger charge is 2.07. The fourth-order valence-corrected chi connectivity index (χ4v) is 2.00. The Hall–Kier alpha value is -2.50. The van der Waals surface area contributed by atoms with Gasteiger partial charge in [0.25, 0.3) is 5.56 Å². The maximum absolute atomic E-state index is 13.4. The number of nitrogens with zero attached hydrogens (tertiary/aromatic N) is 2. The third-order valence-electron chi connectivity index (χ3n) is 3.21. The van der Waals surface area contributed by atoms with Crippen LogP contribution in [0.3, 0.4) is 0 Å². The second-order valence-corrected chi connectivity index (χ2v) is 5.11. The molecule has 2 aromatic rings. The molecule has 0 spiro atoms. The van der Waals surface area contributed by atoms with Gasteiger partial charge in [0, 0.05) is 17.4 Å². The van der Waals surface area contributed by atoms with E-state index in [1.807, 2.05) is 6.92 Å². The number of carbonyl (C=O) groups excluding carboxylic acids is 1. The van der Waals surface area contributed by atoms with Gasteiger partial charge in [0.1, 0.15) is 12.4 Å². The van der Waals surface area contributed by atoms with Gasteiger partial charge in [-0.15, -0.1) is 0 Å². The summed E-state index contributed by atoms with van der Waals surface area (Å²) >= 11 is 0. The van der Waals surface area contributed by atoms with Gasteiger partial charge >= 0.3 is 0 Å². The molecule has 1 heterocycles. The minimum absolute atomic E-state index is 0.159. The van der Waals surface area contributed by atoms with E-state index in [1.165, 1.54) is 23.0 Å². The van der Waals surface area contributed by atoms with E-state index in [-0.39, 0.29) is 17.9 Å². The van der Waals surface area contributed by atoms with Gasteiger partial charge in [-0.25, -0.2) is 9.37 Å². The fraction of sp³-hybridized carbons (Fsp3) is 0.312. The molecule has 1 amide bonds. The SMILES string of the molecule is CCCc1cc(=O)n(CC(=O)Nc2ccc(C)c(F)c2)cn1. The van der Waals surface area contributed by atoms with Crippen molar-refractivity contribution in [3.63, 3.8) is 0 Å². The van der Waals surface area contributed by atoms with Crippen molar-refractivity contribution in [3.05, 3.63) is 58.0 Å². The van der Waals surface area contributed by atoms with Gasteiger partial charge in [0.05, 0.1) is 6.33 Å². The van der Waals surface area contributed by atoms with Crippen LogP contribution >= 0.6 is 0 Å². The molecule has 2 rings (SSSR count). The normalized spacial score (nSPS) is 10.5. The Morgan fingerprint density at radius 2 is 2.14 bits per heavy atom. The van der Waals surface area contributed by atoms with Gasteiger partial charge in [-0.2, -0.15) is 0 Å². The molecule has 0 saturated carbocycles. The molecule has 0 aliphatic carbocycles. The summed E-state index contributed by atoms with van der Waals surface area (Å²) < 4.78 is 14.6. The molecular weight excluding hydrogens is 285 g/mol. The first-order valence-electron chi connectivity index (χ1n) is 7.11. The first-order chi connectivity index (χ1) is 10.5. The summed E-state index contributed by atoms with van der Waals surface area (Å²) in [6.45, 7) is 3.49. The summed E-state index contributed by atoms with van der Waals surface area (Å²) in [6.07, 6.45) is 2.99. The zero-order chi connectivity index (χ0) is 16.1. The van der Waals surface area contributed by atoms with Crippen LogP contribution in [0.2, 0.25) is 0 Å². The molecule has 1 aromatic heterocycles. The summed E-state index contributed by atoms with van der Waals surface area (Å²) in [7, 11) is 0. The Labute approximate surface area is 127 Å². The van der Waals surface area contributed by atoms with Crippen molar-refractivity contribution in [2.75, 3.05) is 5.32 Å². The highest BCUT2D eigenvalue weighted by Crippen LogP contribution is 2.13. The molecule has 0 radical (unpaired) electrons. The monoisotopic (exact) mass is 303 g/mol. The van der Waals surface area contributed by atoms with Crippen LogP contribution < -0.4 is 10.9 Å². The average Bonchev–Trinajstić information content (AvgIpc) is 2.46. The summed E-state index contributed by atoms with van der Waals surface area (Å²) in [6, 6.07) is 5.88. The molecule has 22 heavy (non-hydrogen) atoms. The van der Waals surface area contributed by atoms with E-state index in [0.717, 1.165) is 12.8 Å². The summed E-state index contributed by atoms with van der Waals surface area (Å²) in [5.41, 5.74) is 1.30. The lowest BCUT2D eigenvalue weighted by Gasteiger charge is -2.08. The van der Waals surface area contributed by atoms with Gasteiger partial charge in [0.15, 0.2) is 0 Å². The van der Waals surface area contributed by atoms with Crippen molar-refractivity contribution in [2.45, 2.75) is 33.2 Å². The van der Waals surface area contributed by atoms with Crippen LogP contribution in [-0.2, 0) is 17.8 Å². The Balaban J connectivity index is 2.05. The standard InChI is InChI=1S/C16H18FN3O2/c1-3-4-12-8-16(22)20(10-18-12)9-15(21)19-13-6-5-11(2)14(17)7-13/h5-8,10H,3-4,9H2,1-2H3,(H,19,21). The smallest absolute Gasteiger partial charge is 0.253 e. The number of hydrogen-bond acceptors (Lipinski definition) is 3. The van der Waals surface area contributed by atoms with Crippen LogP contribution in [0.1, 0.15) is 24.6 Å². The Kier molecular flexibility index (Phi) is 5.04. The molecule has 5 nitrogen and oxygen atoms in total. The van der Waals surface area contributed by atoms with E-state index in [4.69, 9.17) is 0 Å². The predicted octanol–water partition coefficient (Wildman–Crippen LogP) is 2.28. The van der Waals surface area contributed by atoms with E-state index in [0.29, 0.717) is 16.9 Å². The fourth-order valence-electron chi connectivity index (χ4n) is 2.00. The molecule has 0 atom stereocenters. The lowest BCUT2D eigenvalue weighted by Crippen LogP contribution is -2.27. The van der Waals surface area contributed by atoms with Crippen LogP contribution in [0.4, 0.5) is 10.1 Å². The first-order valence-corrected chi connectivity index (χ1v) is 7.11. The Morgan fingerprint density at radius 1 is 1.36 bits per heavy atom. The first kappa shape index (κ1) is 15.9. The van der Waals surface area contributed by atoms with Gasteiger partial charge in [-0.05, 0) is 31.0 Å². The number of halogens is 1. The van der Waals surface area contributed by atoms with Crippen LogP contribution in [0.15, 0.2) is 35.4 Å². The number of benzene rings is 1. The molecule has 0 saturated heterocycles. The molecule has 6 heteroatoms. The molecule has 0 fully saturated rings. The molecular formula is C16H18FN3O2. The van der Waals surface area contributed by atoms with E-state index < -0.39 is 5.91 Å². The lowest BCUT2D eigenvalue weighted by atomic mass is 10.2. The van der Waals surface area contributed by atoms with E-state index in [2.05, 4.69) is 10.3 Å². The minimum atomic E-state index is -0.407. The number of nitrogens with one attached hydrogen (secondary N) is 1. The van der Waals surface area contributed by atoms with E-state index in [1.54, 1.807) is 19.1 Å². The highest BCUT2D eigenvalue weighted by molar-refractivity contribution is 5.90. The van der Waals surface area contributed by atoms with Crippen molar-refractivity contribution in [3.8, 4) is 0 Å². The maximum atomic E-state index is 13.4. The van der Waals surface area contributed by atoms with Gasteiger partial charge in [-0.3, -0.25) is 14.2 Å². The number of carbonyl (C=O) groups is 1. The van der Waals surface area contributed by atoms with Crippen molar-refractivity contribution < 1.29 is 9.18 Å². The van der Waals surface area contributed by atoms with Crippen LogP contribution in [0, 0.1) is 12.7 Å². The van der Waals surface area contributed by atoms with Gasteiger partial charge in [-0.1, -0.05) is 19.4 Å². The highest BCUT2D eigenvalue weighted by atomic mass is 19.1. The van der Waals surface area contributed by atoms with Crippen molar-refractivity contribution in [1.82, 2.24) is 9.55 Å². The minimum Gasteiger partial charge on any atom is -0.324 e. The lowest BCUT2D eigenvalue weighted by molar-refractivity contribution is -0.116. The number of hydrogen-bond donors (Lipinski definition) is 1. The second-order valence-electron chi connectivity index (χ2n) is 5.11. The summed E-state index contributed by atoms with van der Waals surface area (Å²) in [4.78, 5) is 27.9. The molecule has 0 bridgehead atoms. The number of amides is 1. The predicted molar refractivity (Wildman–Crippen MR) is 82.3 cm³/mol. The summed E-state index contributed by atoms with van der Waals surface area (Å²) in [5, 5.41) is 2.56. The van der Waals surface area contributed by atoms with E-state index >= 15 is 0 Å². The molecule has 0 aliphatic heterocycles. The summed E-state index contributed by atoms with van der Waals surface area (Å²) in [5.74, 6) is -0.795. The average molecular weight is 303 g/mol. The van der Waals surface area contributed by atoms with Crippen LogP contribution in [-0.4, -0.2) is 15.5 Å². The third kappa shape index (κ3) is 4.00. The van der Waals surface area contributed by atoms with Crippen molar-refractivity contribution >= 4 is 11.6 Å². The van der Waals surface area contributed by atoms with Crippen LogP contribution in [0.5, 0.6) is 0 Å². The Bertz CT molecular complexity index is 740. The number of aryl methyl sites for hydroxylation is 2. The zero-order valence-electron chi connectivity index (χ0n) is 12.6. The third-order valence-corrected chi connectivity index (χ3v) is 3.21. The number of anilines is 1. The van der Waals surface area contributed by atoms with Gasteiger partial charge in [0.2, 0.25) is 5.91 Å². The second kappa shape index (κ2) is 6.98. The molecule has 1 N–H and O–H groups in total. The number of aromatic nitrogens is 2. The quantitative estimate of drug-likeness (QED) is 0.921. The molecule has 116 valence electrons. The van der Waals surface area contributed by atoms with Gasteiger partial charge < -0.3 is 5.32 Å². The van der Waals surface area contributed by atoms with E-state index in [9.17, 15) is 14.0 Å². The maximum Gasteiger partial charge on any atom is 0.253 e. The van der Waals surface area contributed by atoms with Crippen molar-refractivity contribution in [1.29, 1.82) is 0 Å². The topological polar surface area (TPSA) is 64.0 Å².